The maximum Gasteiger partial charge on any atom is 0.573 e. The molecule has 1 aromatic rings. The van der Waals surface area contributed by atoms with Gasteiger partial charge in [-0.1, -0.05) is 12.1 Å². The maximum atomic E-state index is 12.0. The number of ether oxygens (including phenoxy) is 1. The van der Waals surface area contributed by atoms with Crippen molar-refractivity contribution in [1.29, 1.82) is 0 Å². The van der Waals surface area contributed by atoms with Gasteiger partial charge in [-0.15, -0.1) is 13.2 Å². The van der Waals surface area contributed by atoms with Crippen molar-refractivity contribution in [2.75, 3.05) is 13.1 Å². The van der Waals surface area contributed by atoms with Crippen LogP contribution in [-0.4, -0.2) is 40.9 Å². The highest BCUT2D eigenvalue weighted by molar-refractivity contribution is 5.63. The Labute approximate surface area is 118 Å². The molecule has 0 radical (unpaired) electrons. The molecule has 0 saturated heterocycles. The van der Waals surface area contributed by atoms with Crippen LogP contribution >= 0.6 is 0 Å². The maximum absolute atomic E-state index is 12.0. The van der Waals surface area contributed by atoms with Crippen LogP contribution < -0.4 is 10.1 Å². The lowest BCUT2D eigenvalue weighted by molar-refractivity contribution is -0.274. The van der Waals surface area contributed by atoms with E-state index in [2.05, 4.69) is 10.1 Å². The fourth-order valence-electron chi connectivity index (χ4n) is 1.49. The number of amides is 1. The molecule has 0 heterocycles. The summed E-state index contributed by atoms with van der Waals surface area (Å²) < 4.78 is 39.6. The molecular formula is C12H15F3N2O4. The summed E-state index contributed by atoms with van der Waals surface area (Å²) in [5.41, 5.74) is 0.753. The normalized spacial score (nSPS) is 11.2. The number of carbonyl (C=O) groups is 1. The van der Waals surface area contributed by atoms with Gasteiger partial charge in [-0.25, -0.2) is 4.79 Å². The van der Waals surface area contributed by atoms with E-state index in [0.717, 1.165) is 5.56 Å². The summed E-state index contributed by atoms with van der Waals surface area (Å²) in [6.07, 6.45) is -5.73. The van der Waals surface area contributed by atoms with Gasteiger partial charge in [0.15, 0.2) is 0 Å². The highest BCUT2D eigenvalue weighted by Gasteiger charge is 2.30. The Morgan fingerprint density at radius 2 is 1.90 bits per heavy atom. The van der Waals surface area contributed by atoms with E-state index < -0.39 is 12.5 Å². The number of hydrogen-bond acceptors (Lipinski definition) is 4. The molecule has 0 saturated carbocycles. The molecule has 0 bridgehead atoms. The monoisotopic (exact) mass is 308 g/mol. The number of hydrogen-bond donors (Lipinski definition) is 3. The average molecular weight is 308 g/mol. The molecule has 9 heteroatoms. The first-order valence-corrected chi connectivity index (χ1v) is 6.02. The van der Waals surface area contributed by atoms with Gasteiger partial charge in [0, 0.05) is 6.54 Å². The quantitative estimate of drug-likeness (QED) is 0.409. The molecule has 3 N–H and O–H groups in total. The fraction of sp³-hybridized carbons (Fsp3) is 0.417. The number of nitrogens with zero attached hydrogens (tertiary/aromatic N) is 1. The lowest BCUT2D eigenvalue weighted by Gasteiger charge is -2.11. The average Bonchev–Trinajstić information content (AvgIpc) is 2.38. The van der Waals surface area contributed by atoms with Gasteiger partial charge >= 0.3 is 12.5 Å². The number of alkyl halides is 3. The van der Waals surface area contributed by atoms with Gasteiger partial charge in [-0.2, -0.15) is 5.06 Å². The topological polar surface area (TPSA) is 82.0 Å². The zero-order valence-electron chi connectivity index (χ0n) is 10.9. The summed E-state index contributed by atoms with van der Waals surface area (Å²) in [4.78, 5) is 10.3. The lowest BCUT2D eigenvalue weighted by Crippen LogP contribution is -2.28. The van der Waals surface area contributed by atoms with Crippen molar-refractivity contribution in [3.63, 3.8) is 0 Å². The minimum absolute atomic E-state index is 0.0271. The number of nitrogens with one attached hydrogen (secondary N) is 1. The minimum atomic E-state index is -4.71. The summed E-state index contributed by atoms with van der Waals surface area (Å²) in [6, 6.07) is 5.40. The van der Waals surface area contributed by atoms with Gasteiger partial charge in [-0.3, -0.25) is 5.21 Å². The highest BCUT2D eigenvalue weighted by Crippen LogP contribution is 2.22. The van der Waals surface area contributed by atoms with Crippen LogP contribution in [0.3, 0.4) is 0 Å². The Bertz CT molecular complexity index is 451. The van der Waals surface area contributed by atoms with Crippen LogP contribution in [0.2, 0.25) is 0 Å². The molecule has 0 aliphatic heterocycles. The molecular weight excluding hydrogens is 293 g/mol. The van der Waals surface area contributed by atoms with Crippen LogP contribution in [0.5, 0.6) is 5.75 Å². The molecule has 0 aromatic heterocycles. The molecule has 0 unspecified atom stereocenters. The molecule has 1 amide bonds. The molecule has 1 rings (SSSR count). The van der Waals surface area contributed by atoms with Crippen LogP contribution in [0.4, 0.5) is 18.0 Å². The number of carboxylic acid groups (broad SMARTS) is 1. The van der Waals surface area contributed by atoms with Crippen LogP contribution in [0.1, 0.15) is 12.0 Å². The van der Waals surface area contributed by atoms with Gasteiger partial charge in [-0.05, 0) is 30.7 Å². The van der Waals surface area contributed by atoms with Gasteiger partial charge in [0.25, 0.3) is 0 Å². The van der Waals surface area contributed by atoms with Crippen molar-refractivity contribution in [3.8, 4) is 5.75 Å². The third-order valence-corrected chi connectivity index (χ3v) is 2.43. The summed E-state index contributed by atoms with van der Waals surface area (Å²) in [7, 11) is 0. The van der Waals surface area contributed by atoms with Gasteiger partial charge in [0.05, 0.1) is 6.54 Å². The predicted octanol–water partition coefficient (Wildman–Crippen LogP) is 2.43. The minimum Gasteiger partial charge on any atom is -0.463 e. The number of halogens is 3. The molecule has 0 spiro atoms. The van der Waals surface area contributed by atoms with E-state index in [0.29, 0.717) is 19.5 Å². The van der Waals surface area contributed by atoms with E-state index in [1.54, 1.807) is 0 Å². The van der Waals surface area contributed by atoms with E-state index in [4.69, 9.17) is 10.3 Å². The number of hydroxylamine groups is 2. The van der Waals surface area contributed by atoms with E-state index in [9.17, 15) is 18.0 Å². The SMILES string of the molecule is O=C(O)N(O)CCCNCc1ccc(OC(F)(F)F)cc1. The first-order chi connectivity index (χ1) is 9.78. The Hall–Kier alpha value is -2.00. The Morgan fingerprint density at radius 3 is 2.43 bits per heavy atom. The zero-order chi connectivity index (χ0) is 15.9. The number of benzene rings is 1. The van der Waals surface area contributed by atoms with E-state index in [-0.39, 0.29) is 17.4 Å². The first kappa shape index (κ1) is 17.1. The van der Waals surface area contributed by atoms with Crippen molar-refractivity contribution in [1.82, 2.24) is 10.4 Å². The van der Waals surface area contributed by atoms with Gasteiger partial charge < -0.3 is 15.2 Å². The zero-order valence-corrected chi connectivity index (χ0v) is 10.9. The third kappa shape index (κ3) is 7.37. The molecule has 1 aromatic carbocycles. The van der Waals surface area contributed by atoms with E-state index >= 15 is 0 Å². The second-order valence-corrected chi connectivity index (χ2v) is 4.13. The summed E-state index contributed by atoms with van der Waals surface area (Å²) in [5, 5.41) is 20.4. The molecule has 0 aliphatic rings. The Morgan fingerprint density at radius 1 is 1.29 bits per heavy atom. The second-order valence-electron chi connectivity index (χ2n) is 4.13. The summed E-state index contributed by atoms with van der Waals surface area (Å²) in [5.74, 6) is -0.288. The molecule has 0 fully saturated rings. The Balaban J connectivity index is 2.25. The standard InChI is InChI=1S/C12H15F3N2O4/c13-12(14,15)21-10-4-2-9(3-5-10)8-16-6-1-7-17(20)11(18)19/h2-5,16,20H,1,6-8H2,(H,18,19). The molecule has 118 valence electrons. The van der Waals surface area contributed by atoms with E-state index in [1.165, 1.54) is 24.3 Å². The van der Waals surface area contributed by atoms with Crippen molar-refractivity contribution < 1.29 is 33.0 Å². The van der Waals surface area contributed by atoms with Crippen molar-refractivity contribution in [2.45, 2.75) is 19.3 Å². The van der Waals surface area contributed by atoms with Crippen LogP contribution in [0.25, 0.3) is 0 Å². The summed E-state index contributed by atoms with van der Waals surface area (Å²) >= 11 is 0. The van der Waals surface area contributed by atoms with Gasteiger partial charge in [0.2, 0.25) is 0 Å². The third-order valence-electron chi connectivity index (χ3n) is 2.43. The summed E-state index contributed by atoms with van der Waals surface area (Å²) in [6.45, 7) is 0.830. The first-order valence-electron chi connectivity index (χ1n) is 6.02. The second kappa shape index (κ2) is 7.70. The Kier molecular flexibility index (Phi) is 6.25. The van der Waals surface area contributed by atoms with Crippen LogP contribution in [0.15, 0.2) is 24.3 Å². The van der Waals surface area contributed by atoms with Crippen LogP contribution in [-0.2, 0) is 6.54 Å². The van der Waals surface area contributed by atoms with Crippen LogP contribution in [0, 0.1) is 0 Å². The fourth-order valence-corrected chi connectivity index (χ4v) is 1.49. The van der Waals surface area contributed by atoms with Crippen molar-refractivity contribution >= 4 is 6.09 Å². The molecule has 21 heavy (non-hydrogen) atoms. The van der Waals surface area contributed by atoms with Crippen molar-refractivity contribution in [3.05, 3.63) is 29.8 Å². The lowest BCUT2D eigenvalue weighted by atomic mass is 10.2. The highest BCUT2D eigenvalue weighted by atomic mass is 19.4. The smallest absolute Gasteiger partial charge is 0.463 e. The predicted molar refractivity (Wildman–Crippen MR) is 66.0 cm³/mol. The van der Waals surface area contributed by atoms with E-state index in [1.807, 2.05) is 0 Å². The van der Waals surface area contributed by atoms with Crippen molar-refractivity contribution in [2.24, 2.45) is 0 Å². The molecule has 6 nitrogen and oxygen atoms in total. The molecule has 0 aliphatic carbocycles. The van der Waals surface area contributed by atoms with Gasteiger partial charge in [0.1, 0.15) is 5.75 Å². The number of rotatable bonds is 7. The largest absolute Gasteiger partial charge is 0.573 e. The molecule has 0 atom stereocenters.